The monoisotopic (exact) mass is 243 g/mol. The summed E-state index contributed by atoms with van der Waals surface area (Å²) in [6.45, 7) is 3.70. The molecule has 1 aromatic rings. The van der Waals surface area contributed by atoms with Crippen LogP contribution in [0.25, 0.3) is 5.70 Å². The molecule has 0 bridgehead atoms. The highest BCUT2D eigenvalue weighted by atomic mass is 35.5. The van der Waals surface area contributed by atoms with Crippen molar-refractivity contribution in [2.75, 3.05) is 0 Å². The van der Waals surface area contributed by atoms with Crippen LogP contribution in [-0.2, 0) is 0 Å². The molecule has 1 aromatic carbocycles. The highest BCUT2D eigenvalue weighted by molar-refractivity contribution is 7.80. The Bertz CT molecular complexity index is 408. The summed E-state index contributed by atoms with van der Waals surface area (Å²) >= 11 is 10.3. The molecular weight excluding hydrogens is 234 g/mol. The number of hydrogen-bond donors (Lipinski definition) is 4. The zero-order chi connectivity index (χ0) is 11.4. The molecule has 1 rings (SSSR count). The van der Waals surface area contributed by atoms with Gasteiger partial charge in [-0.25, -0.2) is 0 Å². The van der Waals surface area contributed by atoms with Crippen molar-refractivity contribution in [3.05, 3.63) is 35.4 Å². The number of hydrazine groups is 1. The molecule has 0 atom stereocenters. The lowest BCUT2D eigenvalue weighted by Gasteiger charge is -2.11. The van der Waals surface area contributed by atoms with Gasteiger partial charge < -0.3 is 10.8 Å². The zero-order valence-electron chi connectivity index (χ0n) is 7.75. The molecule has 0 aromatic heterocycles. The lowest BCUT2D eigenvalue weighted by atomic mass is 10.1. The van der Waals surface area contributed by atoms with Gasteiger partial charge in [-0.15, -0.1) is 0 Å². The number of hydrogen-bond acceptors (Lipinski definition) is 3. The topological polar surface area (TPSA) is 70.3 Å². The highest BCUT2D eigenvalue weighted by Crippen LogP contribution is 2.25. The number of thiocarbonyl (C=S) groups is 1. The third-order valence-electron chi connectivity index (χ3n) is 1.62. The van der Waals surface area contributed by atoms with E-state index in [0.717, 1.165) is 0 Å². The van der Waals surface area contributed by atoms with Crippen molar-refractivity contribution >= 4 is 34.6 Å². The maximum absolute atomic E-state index is 9.55. The molecule has 80 valence electrons. The second kappa shape index (κ2) is 4.86. The first-order valence-electron chi connectivity index (χ1n) is 4.00. The Kier molecular flexibility index (Phi) is 3.76. The molecule has 0 aliphatic carbocycles. The number of nitrogens with one attached hydrogen (secondary N) is 2. The van der Waals surface area contributed by atoms with E-state index >= 15 is 0 Å². The summed E-state index contributed by atoms with van der Waals surface area (Å²) in [5, 5.41) is 10.1. The van der Waals surface area contributed by atoms with E-state index in [1.165, 1.54) is 6.07 Å². The van der Waals surface area contributed by atoms with Crippen LogP contribution >= 0.6 is 23.8 Å². The SMILES string of the molecule is C=C(NNC(N)=S)c1ccc(Cl)cc1O. The summed E-state index contributed by atoms with van der Waals surface area (Å²) in [5.41, 5.74) is 11.3. The molecule has 0 aliphatic heterocycles. The van der Waals surface area contributed by atoms with E-state index in [1.54, 1.807) is 12.1 Å². The number of aromatic hydroxyl groups is 1. The third-order valence-corrected chi connectivity index (χ3v) is 1.96. The van der Waals surface area contributed by atoms with Crippen LogP contribution in [0.5, 0.6) is 5.75 Å². The fraction of sp³-hybridized carbons (Fsp3) is 0. The van der Waals surface area contributed by atoms with E-state index in [0.29, 0.717) is 16.3 Å². The van der Waals surface area contributed by atoms with E-state index in [4.69, 9.17) is 17.3 Å². The largest absolute Gasteiger partial charge is 0.507 e. The average Bonchev–Trinajstić information content (AvgIpc) is 2.14. The Morgan fingerprint density at radius 2 is 2.13 bits per heavy atom. The summed E-state index contributed by atoms with van der Waals surface area (Å²) in [6, 6.07) is 4.70. The van der Waals surface area contributed by atoms with E-state index in [9.17, 15) is 5.11 Å². The number of benzene rings is 1. The Labute approximate surface area is 97.7 Å². The van der Waals surface area contributed by atoms with Crippen molar-refractivity contribution in [3.8, 4) is 5.75 Å². The third kappa shape index (κ3) is 3.30. The van der Waals surface area contributed by atoms with Crippen molar-refractivity contribution in [2.45, 2.75) is 0 Å². The maximum Gasteiger partial charge on any atom is 0.182 e. The highest BCUT2D eigenvalue weighted by Gasteiger charge is 2.05. The summed E-state index contributed by atoms with van der Waals surface area (Å²) < 4.78 is 0. The smallest absolute Gasteiger partial charge is 0.182 e. The van der Waals surface area contributed by atoms with Gasteiger partial charge >= 0.3 is 0 Å². The van der Waals surface area contributed by atoms with Gasteiger partial charge in [-0.3, -0.25) is 10.9 Å². The molecule has 6 heteroatoms. The van der Waals surface area contributed by atoms with Crippen LogP contribution in [-0.4, -0.2) is 10.2 Å². The van der Waals surface area contributed by atoms with Gasteiger partial charge in [0.1, 0.15) is 5.75 Å². The number of phenolic OH excluding ortho intramolecular Hbond substituents is 1. The summed E-state index contributed by atoms with van der Waals surface area (Å²) in [4.78, 5) is 0. The van der Waals surface area contributed by atoms with E-state index < -0.39 is 0 Å². The van der Waals surface area contributed by atoms with Gasteiger partial charge in [0.2, 0.25) is 0 Å². The quantitative estimate of drug-likeness (QED) is 0.477. The molecule has 0 saturated carbocycles. The standard InChI is InChI=1S/C9H10ClN3OS/c1-5(12-13-9(11)15)7-3-2-6(10)4-8(7)14/h2-4,12,14H,1H2,(H3,11,13,15). The zero-order valence-corrected chi connectivity index (χ0v) is 9.32. The minimum absolute atomic E-state index is 0.0322. The fourth-order valence-corrected chi connectivity index (χ4v) is 1.18. The Morgan fingerprint density at radius 1 is 1.47 bits per heavy atom. The first kappa shape index (κ1) is 11.6. The summed E-state index contributed by atoms with van der Waals surface area (Å²) in [6.07, 6.45) is 0. The van der Waals surface area contributed by atoms with Gasteiger partial charge in [-0.1, -0.05) is 18.2 Å². The molecule has 0 unspecified atom stereocenters. The molecule has 4 nitrogen and oxygen atoms in total. The normalized spacial score (nSPS) is 9.40. The number of nitrogens with two attached hydrogens (primary N) is 1. The van der Waals surface area contributed by atoms with Crippen molar-refractivity contribution < 1.29 is 5.11 Å². The second-order valence-corrected chi connectivity index (χ2v) is 3.63. The number of halogens is 1. The molecular formula is C9H10ClN3OS. The molecule has 5 N–H and O–H groups in total. The Balaban J connectivity index is 2.78. The Hall–Kier alpha value is -1.46. The number of rotatable bonds is 3. The summed E-state index contributed by atoms with van der Waals surface area (Å²) in [7, 11) is 0. The van der Waals surface area contributed by atoms with E-state index in [1.807, 2.05) is 0 Å². The first-order valence-corrected chi connectivity index (χ1v) is 4.78. The maximum atomic E-state index is 9.55. The molecule has 0 radical (unpaired) electrons. The van der Waals surface area contributed by atoms with Crippen LogP contribution in [0.4, 0.5) is 0 Å². The van der Waals surface area contributed by atoms with Gasteiger partial charge in [0.05, 0.1) is 5.70 Å². The molecule has 0 saturated heterocycles. The summed E-state index contributed by atoms with van der Waals surface area (Å²) in [5.74, 6) is 0.0322. The van der Waals surface area contributed by atoms with Crippen LogP contribution in [0.2, 0.25) is 5.02 Å². The van der Waals surface area contributed by atoms with Crippen molar-refractivity contribution in [3.63, 3.8) is 0 Å². The van der Waals surface area contributed by atoms with Crippen LogP contribution in [0.1, 0.15) is 5.56 Å². The van der Waals surface area contributed by atoms with Crippen molar-refractivity contribution in [2.24, 2.45) is 5.73 Å². The lowest BCUT2D eigenvalue weighted by Crippen LogP contribution is -2.39. The van der Waals surface area contributed by atoms with Gasteiger partial charge in [0.15, 0.2) is 5.11 Å². The molecule has 15 heavy (non-hydrogen) atoms. The molecule has 0 spiro atoms. The fourth-order valence-electron chi connectivity index (χ4n) is 0.964. The minimum atomic E-state index is 0.0322. The van der Waals surface area contributed by atoms with Crippen LogP contribution in [0.3, 0.4) is 0 Å². The predicted octanol–water partition coefficient (Wildman–Crippen LogP) is 1.35. The van der Waals surface area contributed by atoms with Gasteiger partial charge in [-0.05, 0) is 30.4 Å². The van der Waals surface area contributed by atoms with E-state index in [-0.39, 0.29) is 10.9 Å². The molecule has 0 fully saturated rings. The van der Waals surface area contributed by atoms with Crippen LogP contribution in [0.15, 0.2) is 24.8 Å². The average molecular weight is 244 g/mol. The molecule has 0 heterocycles. The van der Waals surface area contributed by atoms with Crippen molar-refractivity contribution in [1.29, 1.82) is 0 Å². The predicted molar refractivity (Wildman–Crippen MR) is 65.2 cm³/mol. The van der Waals surface area contributed by atoms with Gasteiger partial charge in [-0.2, -0.15) is 0 Å². The Morgan fingerprint density at radius 3 is 2.67 bits per heavy atom. The molecule has 0 aliphatic rings. The lowest BCUT2D eigenvalue weighted by molar-refractivity contribution is 0.473. The first-order chi connectivity index (χ1) is 7.00. The van der Waals surface area contributed by atoms with Gasteiger partial charge in [0, 0.05) is 10.6 Å². The second-order valence-electron chi connectivity index (χ2n) is 2.75. The van der Waals surface area contributed by atoms with Crippen LogP contribution in [0, 0.1) is 0 Å². The van der Waals surface area contributed by atoms with Crippen molar-refractivity contribution in [1.82, 2.24) is 10.9 Å². The van der Waals surface area contributed by atoms with Crippen LogP contribution < -0.4 is 16.6 Å². The molecule has 0 amide bonds. The minimum Gasteiger partial charge on any atom is -0.507 e. The van der Waals surface area contributed by atoms with Gasteiger partial charge in [0.25, 0.3) is 0 Å². The van der Waals surface area contributed by atoms with E-state index in [2.05, 4.69) is 29.6 Å². The number of phenols is 1.